The largest absolute Gasteiger partial charge is 0.492 e. The Kier molecular flexibility index (Phi) is 7.76. The van der Waals surface area contributed by atoms with Gasteiger partial charge in [-0.1, -0.05) is 57.5 Å². The molecule has 0 spiro atoms. The van der Waals surface area contributed by atoms with Gasteiger partial charge in [0.15, 0.2) is 6.10 Å². The highest BCUT2D eigenvalue weighted by atomic mass is 35.5. The number of carbonyl (C=O) groups is 1. The molecular weight excluding hydrogens is 374 g/mol. The summed E-state index contributed by atoms with van der Waals surface area (Å²) in [4.78, 5) is 12.4. The summed E-state index contributed by atoms with van der Waals surface area (Å²) in [5, 5.41) is 3.53. The molecule has 0 bridgehead atoms. The van der Waals surface area contributed by atoms with Crippen LogP contribution in [0.15, 0.2) is 42.5 Å². The van der Waals surface area contributed by atoms with Gasteiger partial charge in [-0.05, 0) is 54.2 Å². The van der Waals surface area contributed by atoms with Gasteiger partial charge in [-0.3, -0.25) is 4.79 Å². The standard InChI is InChI=1S/C23H30ClNO3/c1-6-21(28-18-11-8-17(9-12-18)23(3,4)5)22(26)25-13-14-27-19-10-7-16(2)20(24)15-19/h7-12,15,21H,6,13-14H2,1-5H3,(H,25,26)/t21-/m1/s1. The van der Waals surface area contributed by atoms with E-state index in [2.05, 4.69) is 26.1 Å². The maximum absolute atomic E-state index is 12.4. The molecule has 5 heteroatoms. The SMILES string of the molecule is CC[C@@H](Oc1ccc(C(C)(C)C)cc1)C(=O)NCCOc1ccc(C)c(Cl)c1. The molecule has 0 aliphatic heterocycles. The Balaban J connectivity index is 1.81. The molecule has 152 valence electrons. The number of amides is 1. The molecule has 1 amide bonds. The van der Waals surface area contributed by atoms with Gasteiger partial charge in [0.05, 0.1) is 6.54 Å². The maximum atomic E-state index is 12.4. The number of hydrogen-bond acceptors (Lipinski definition) is 3. The molecule has 0 aromatic heterocycles. The third-order valence-corrected chi connectivity index (χ3v) is 4.88. The normalized spacial score (nSPS) is 12.4. The van der Waals surface area contributed by atoms with Crippen molar-refractivity contribution in [2.75, 3.05) is 13.2 Å². The molecule has 0 saturated heterocycles. The van der Waals surface area contributed by atoms with E-state index in [0.29, 0.717) is 36.1 Å². The number of nitrogens with one attached hydrogen (secondary N) is 1. The van der Waals surface area contributed by atoms with Crippen molar-refractivity contribution in [3.8, 4) is 11.5 Å². The van der Waals surface area contributed by atoms with E-state index in [9.17, 15) is 4.79 Å². The Labute approximate surface area is 173 Å². The van der Waals surface area contributed by atoms with Crippen molar-refractivity contribution in [2.45, 2.75) is 52.6 Å². The fraction of sp³-hybridized carbons (Fsp3) is 0.435. The van der Waals surface area contributed by atoms with E-state index in [-0.39, 0.29) is 11.3 Å². The van der Waals surface area contributed by atoms with Crippen LogP contribution >= 0.6 is 11.6 Å². The van der Waals surface area contributed by atoms with E-state index in [4.69, 9.17) is 21.1 Å². The van der Waals surface area contributed by atoms with Gasteiger partial charge in [-0.2, -0.15) is 0 Å². The van der Waals surface area contributed by atoms with Crippen LogP contribution in [0.1, 0.15) is 45.2 Å². The van der Waals surface area contributed by atoms with Gasteiger partial charge < -0.3 is 14.8 Å². The first kappa shape index (κ1) is 22.1. The quantitative estimate of drug-likeness (QED) is 0.608. The summed E-state index contributed by atoms with van der Waals surface area (Å²) in [7, 11) is 0. The third kappa shape index (κ3) is 6.45. The number of ether oxygens (including phenoxy) is 2. The Morgan fingerprint density at radius 3 is 2.32 bits per heavy atom. The summed E-state index contributed by atoms with van der Waals surface area (Å²) in [6.45, 7) is 11.1. The molecule has 2 aromatic carbocycles. The number of rotatable bonds is 8. The molecule has 1 N–H and O–H groups in total. The van der Waals surface area contributed by atoms with Gasteiger partial charge in [-0.15, -0.1) is 0 Å². The number of hydrogen-bond donors (Lipinski definition) is 1. The summed E-state index contributed by atoms with van der Waals surface area (Å²) in [6.07, 6.45) is 0.0516. The average Bonchev–Trinajstić information content (AvgIpc) is 2.65. The van der Waals surface area contributed by atoms with Gasteiger partial charge in [0.25, 0.3) is 5.91 Å². The van der Waals surface area contributed by atoms with Crippen molar-refractivity contribution in [3.05, 3.63) is 58.6 Å². The van der Waals surface area contributed by atoms with Crippen LogP contribution in [0, 0.1) is 6.92 Å². The van der Waals surface area contributed by atoms with Crippen LogP contribution in [0.5, 0.6) is 11.5 Å². The summed E-state index contributed by atoms with van der Waals surface area (Å²) in [5.41, 5.74) is 2.31. The zero-order chi connectivity index (χ0) is 20.7. The molecule has 2 rings (SSSR count). The minimum Gasteiger partial charge on any atom is -0.492 e. The van der Waals surface area contributed by atoms with Crippen molar-refractivity contribution in [3.63, 3.8) is 0 Å². The summed E-state index contributed by atoms with van der Waals surface area (Å²) in [6, 6.07) is 13.5. The van der Waals surface area contributed by atoms with E-state index in [1.807, 2.05) is 50.2 Å². The molecule has 2 aromatic rings. The second kappa shape index (κ2) is 9.83. The van der Waals surface area contributed by atoms with Crippen molar-refractivity contribution < 1.29 is 14.3 Å². The second-order valence-electron chi connectivity index (χ2n) is 7.84. The van der Waals surface area contributed by atoms with Crippen LogP contribution in [0.3, 0.4) is 0 Å². The summed E-state index contributed by atoms with van der Waals surface area (Å²) >= 11 is 6.08. The molecule has 0 radical (unpaired) electrons. The number of halogens is 1. The monoisotopic (exact) mass is 403 g/mol. The lowest BCUT2D eigenvalue weighted by Gasteiger charge is -2.21. The van der Waals surface area contributed by atoms with Crippen LogP contribution in [-0.4, -0.2) is 25.2 Å². The van der Waals surface area contributed by atoms with Crippen LogP contribution in [0.25, 0.3) is 0 Å². The maximum Gasteiger partial charge on any atom is 0.261 e. The van der Waals surface area contributed by atoms with E-state index in [1.54, 1.807) is 6.07 Å². The van der Waals surface area contributed by atoms with Crippen molar-refractivity contribution in [2.24, 2.45) is 0 Å². The molecule has 1 atom stereocenters. The summed E-state index contributed by atoms with van der Waals surface area (Å²) in [5.74, 6) is 1.24. The first-order valence-corrected chi connectivity index (χ1v) is 10.0. The zero-order valence-electron chi connectivity index (χ0n) is 17.3. The van der Waals surface area contributed by atoms with Gasteiger partial charge in [0.2, 0.25) is 0 Å². The van der Waals surface area contributed by atoms with Crippen LogP contribution < -0.4 is 14.8 Å². The third-order valence-electron chi connectivity index (χ3n) is 4.48. The smallest absolute Gasteiger partial charge is 0.261 e. The number of benzene rings is 2. The fourth-order valence-corrected chi connectivity index (χ4v) is 2.81. The molecule has 0 aliphatic carbocycles. The highest BCUT2D eigenvalue weighted by Crippen LogP contribution is 2.25. The molecule has 0 heterocycles. The first-order chi connectivity index (χ1) is 13.2. The highest BCUT2D eigenvalue weighted by molar-refractivity contribution is 6.31. The predicted molar refractivity (Wildman–Crippen MR) is 115 cm³/mol. The molecule has 0 saturated carbocycles. The Morgan fingerprint density at radius 1 is 1.11 bits per heavy atom. The predicted octanol–water partition coefficient (Wildman–Crippen LogP) is 5.30. The molecule has 0 aliphatic rings. The number of aryl methyl sites for hydroxylation is 1. The summed E-state index contributed by atoms with van der Waals surface area (Å²) < 4.78 is 11.5. The second-order valence-corrected chi connectivity index (χ2v) is 8.25. The lowest BCUT2D eigenvalue weighted by molar-refractivity contribution is -0.128. The first-order valence-electron chi connectivity index (χ1n) is 9.64. The molecular formula is C23H30ClNO3. The van der Waals surface area contributed by atoms with Gasteiger partial charge >= 0.3 is 0 Å². The topological polar surface area (TPSA) is 47.6 Å². The molecule has 4 nitrogen and oxygen atoms in total. The van der Waals surface area contributed by atoms with Gasteiger partial charge in [0, 0.05) is 5.02 Å². The van der Waals surface area contributed by atoms with E-state index >= 15 is 0 Å². The van der Waals surface area contributed by atoms with Crippen molar-refractivity contribution >= 4 is 17.5 Å². The highest BCUT2D eigenvalue weighted by Gasteiger charge is 2.19. The van der Waals surface area contributed by atoms with Gasteiger partial charge in [-0.25, -0.2) is 0 Å². The Bertz CT molecular complexity index is 781. The molecule has 0 fully saturated rings. The average molecular weight is 404 g/mol. The minimum absolute atomic E-state index is 0.0851. The van der Waals surface area contributed by atoms with E-state index in [0.717, 1.165) is 5.56 Å². The number of carbonyl (C=O) groups excluding carboxylic acids is 1. The van der Waals surface area contributed by atoms with Crippen LogP contribution in [0.2, 0.25) is 5.02 Å². The molecule has 28 heavy (non-hydrogen) atoms. The van der Waals surface area contributed by atoms with Gasteiger partial charge in [0.1, 0.15) is 18.1 Å². The lowest BCUT2D eigenvalue weighted by Crippen LogP contribution is -2.39. The Morgan fingerprint density at radius 2 is 1.75 bits per heavy atom. The lowest BCUT2D eigenvalue weighted by atomic mass is 9.87. The molecule has 0 unspecified atom stereocenters. The van der Waals surface area contributed by atoms with E-state index in [1.165, 1.54) is 5.56 Å². The zero-order valence-corrected chi connectivity index (χ0v) is 18.1. The van der Waals surface area contributed by atoms with Crippen LogP contribution in [-0.2, 0) is 10.2 Å². The Hall–Kier alpha value is -2.20. The minimum atomic E-state index is -0.533. The fourth-order valence-electron chi connectivity index (χ4n) is 2.64. The van der Waals surface area contributed by atoms with Crippen molar-refractivity contribution in [1.82, 2.24) is 5.32 Å². The van der Waals surface area contributed by atoms with Crippen molar-refractivity contribution in [1.29, 1.82) is 0 Å². The van der Waals surface area contributed by atoms with Crippen LogP contribution in [0.4, 0.5) is 0 Å². The van der Waals surface area contributed by atoms with E-state index < -0.39 is 6.10 Å².